The van der Waals surface area contributed by atoms with Crippen LogP contribution < -0.4 is 11.3 Å². The lowest BCUT2D eigenvalue weighted by molar-refractivity contribution is 0.229. The molecule has 0 amide bonds. The molecule has 0 bridgehead atoms. The Morgan fingerprint density at radius 3 is 2.57 bits per heavy atom. The van der Waals surface area contributed by atoms with Gasteiger partial charge in [-0.1, -0.05) is 38.0 Å². The largest absolute Gasteiger partial charge is 0.271 e. The Labute approximate surface area is 125 Å². The third kappa shape index (κ3) is 3.14. The third-order valence-electron chi connectivity index (χ3n) is 4.53. The van der Waals surface area contributed by atoms with E-state index in [0.29, 0.717) is 5.92 Å². The van der Waals surface area contributed by atoms with Gasteiger partial charge in [0.15, 0.2) is 0 Å². The topological polar surface area (TPSA) is 68.8 Å². The van der Waals surface area contributed by atoms with Crippen molar-refractivity contribution in [3.05, 3.63) is 42.2 Å². The minimum Gasteiger partial charge on any atom is -0.271 e. The maximum atomic E-state index is 5.79. The number of nitrogens with zero attached hydrogens (tertiary/aromatic N) is 3. The second kappa shape index (κ2) is 6.37. The standard InChI is InChI=1S/C16H23N5/c1-12-7-9-13(10-8-12)16(19-17)15-11-18-21(20-15)14-5-3-2-4-6-14/h2-6,11-13,16,19H,7-10,17H2,1H3. The van der Waals surface area contributed by atoms with E-state index in [4.69, 9.17) is 5.84 Å². The molecule has 3 rings (SSSR count). The van der Waals surface area contributed by atoms with Crippen molar-refractivity contribution in [3.63, 3.8) is 0 Å². The van der Waals surface area contributed by atoms with Gasteiger partial charge < -0.3 is 0 Å². The molecule has 1 aliphatic rings. The molecule has 2 aromatic rings. The number of hydrogen-bond donors (Lipinski definition) is 2. The summed E-state index contributed by atoms with van der Waals surface area (Å²) >= 11 is 0. The fourth-order valence-electron chi connectivity index (χ4n) is 3.19. The summed E-state index contributed by atoms with van der Waals surface area (Å²) in [7, 11) is 0. The second-order valence-electron chi connectivity index (χ2n) is 6.06. The lowest BCUT2D eigenvalue weighted by atomic mass is 9.78. The summed E-state index contributed by atoms with van der Waals surface area (Å²) in [5, 5.41) is 8.98. The van der Waals surface area contributed by atoms with Gasteiger partial charge in [0.25, 0.3) is 0 Å². The molecule has 112 valence electrons. The summed E-state index contributed by atoms with van der Waals surface area (Å²) in [6.07, 6.45) is 6.78. The average Bonchev–Trinajstić information content (AvgIpc) is 3.00. The number of nitrogens with one attached hydrogen (secondary N) is 1. The molecule has 5 nitrogen and oxygen atoms in total. The van der Waals surface area contributed by atoms with E-state index in [2.05, 4.69) is 22.5 Å². The van der Waals surface area contributed by atoms with Crippen LogP contribution in [0.15, 0.2) is 36.5 Å². The Bertz CT molecular complexity index is 557. The lowest BCUT2D eigenvalue weighted by Crippen LogP contribution is -2.35. The summed E-state index contributed by atoms with van der Waals surface area (Å²) in [5.41, 5.74) is 4.85. The van der Waals surface area contributed by atoms with Gasteiger partial charge in [-0.3, -0.25) is 11.3 Å². The zero-order chi connectivity index (χ0) is 14.7. The van der Waals surface area contributed by atoms with E-state index in [1.807, 2.05) is 36.5 Å². The van der Waals surface area contributed by atoms with E-state index in [-0.39, 0.29) is 6.04 Å². The summed E-state index contributed by atoms with van der Waals surface area (Å²) in [6.45, 7) is 2.33. The number of para-hydroxylation sites is 1. The van der Waals surface area contributed by atoms with E-state index in [9.17, 15) is 0 Å². The predicted octanol–water partition coefficient (Wildman–Crippen LogP) is 2.60. The van der Waals surface area contributed by atoms with E-state index in [0.717, 1.165) is 17.3 Å². The first-order valence-electron chi connectivity index (χ1n) is 7.71. The zero-order valence-corrected chi connectivity index (χ0v) is 12.4. The van der Waals surface area contributed by atoms with Gasteiger partial charge in [0.05, 0.1) is 17.9 Å². The van der Waals surface area contributed by atoms with Gasteiger partial charge in [0, 0.05) is 0 Å². The van der Waals surface area contributed by atoms with E-state index < -0.39 is 0 Å². The highest BCUT2D eigenvalue weighted by Crippen LogP contribution is 2.35. The van der Waals surface area contributed by atoms with Crippen LogP contribution in [0, 0.1) is 11.8 Å². The molecule has 3 N–H and O–H groups in total. The van der Waals surface area contributed by atoms with Crippen LogP contribution >= 0.6 is 0 Å². The monoisotopic (exact) mass is 285 g/mol. The average molecular weight is 285 g/mol. The molecular formula is C16H23N5. The molecule has 1 atom stereocenters. The number of hydrazine groups is 1. The molecule has 0 saturated heterocycles. The molecule has 1 fully saturated rings. The van der Waals surface area contributed by atoms with Crippen molar-refractivity contribution in [1.82, 2.24) is 20.4 Å². The van der Waals surface area contributed by atoms with Crippen LogP contribution in [0.2, 0.25) is 0 Å². The fourth-order valence-corrected chi connectivity index (χ4v) is 3.19. The lowest BCUT2D eigenvalue weighted by Gasteiger charge is -2.31. The molecule has 1 aromatic carbocycles. The minimum atomic E-state index is 0.0926. The molecule has 1 aliphatic carbocycles. The Morgan fingerprint density at radius 2 is 1.90 bits per heavy atom. The summed E-state index contributed by atoms with van der Waals surface area (Å²) in [6, 6.07) is 10.0. The van der Waals surface area contributed by atoms with Crippen molar-refractivity contribution in [1.29, 1.82) is 0 Å². The number of aromatic nitrogens is 3. The van der Waals surface area contributed by atoms with Crippen molar-refractivity contribution >= 4 is 0 Å². The number of nitrogens with two attached hydrogens (primary N) is 1. The quantitative estimate of drug-likeness (QED) is 0.669. The van der Waals surface area contributed by atoms with Crippen molar-refractivity contribution in [3.8, 4) is 5.69 Å². The first-order chi connectivity index (χ1) is 10.3. The SMILES string of the molecule is CC1CCC(C(NN)c2cnn(-c3ccccc3)n2)CC1. The minimum absolute atomic E-state index is 0.0926. The molecule has 5 heteroatoms. The maximum absolute atomic E-state index is 5.79. The van der Waals surface area contributed by atoms with Crippen molar-refractivity contribution in [2.24, 2.45) is 17.7 Å². The summed E-state index contributed by atoms with van der Waals surface area (Å²) < 4.78 is 0. The molecule has 21 heavy (non-hydrogen) atoms. The molecule has 0 aliphatic heterocycles. The van der Waals surface area contributed by atoms with Crippen LogP contribution in [0.5, 0.6) is 0 Å². The van der Waals surface area contributed by atoms with Crippen molar-refractivity contribution in [2.45, 2.75) is 38.6 Å². The summed E-state index contributed by atoms with van der Waals surface area (Å²) in [5.74, 6) is 7.17. The molecule has 1 heterocycles. The normalized spacial score (nSPS) is 23.9. The molecule has 0 radical (unpaired) electrons. The van der Waals surface area contributed by atoms with Gasteiger partial charge in [-0.05, 0) is 36.8 Å². The molecule has 0 spiro atoms. The van der Waals surface area contributed by atoms with Gasteiger partial charge in [0.2, 0.25) is 0 Å². The first-order valence-corrected chi connectivity index (χ1v) is 7.71. The van der Waals surface area contributed by atoms with Crippen LogP contribution in [0.25, 0.3) is 5.69 Å². The zero-order valence-electron chi connectivity index (χ0n) is 12.4. The second-order valence-corrected chi connectivity index (χ2v) is 6.06. The van der Waals surface area contributed by atoms with Crippen molar-refractivity contribution < 1.29 is 0 Å². The molecule has 1 saturated carbocycles. The highest BCUT2D eigenvalue weighted by atomic mass is 15.5. The van der Waals surface area contributed by atoms with Gasteiger partial charge >= 0.3 is 0 Å². The van der Waals surface area contributed by atoms with Crippen LogP contribution in [0.3, 0.4) is 0 Å². The van der Waals surface area contributed by atoms with Crippen LogP contribution in [0.4, 0.5) is 0 Å². The molecule has 1 aromatic heterocycles. The van der Waals surface area contributed by atoms with Gasteiger partial charge in [-0.15, -0.1) is 0 Å². The van der Waals surface area contributed by atoms with E-state index in [1.165, 1.54) is 25.7 Å². The fraction of sp³-hybridized carbons (Fsp3) is 0.500. The van der Waals surface area contributed by atoms with Gasteiger partial charge in [-0.2, -0.15) is 15.0 Å². The highest BCUT2D eigenvalue weighted by Gasteiger charge is 2.28. The van der Waals surface area contributed by atoms with E-state index >= 15 is 0 Å². The molecule has 1 unspecified atom stereocenters. The molecular weight excluding hydrogens is 262 g/mol. The third-order valence-corrected chi connectivity index (χ3v) is 4.53. The Morgan fingerprint density at radius 1 is 1.19 bits per heavy atom. The number of hydrogen-bond acceptors (Lipinski definition) is 4. The summed E-state index contributed by atoms with van der Waals surface area (Å²) in [4.78, 5) is 1.67. The van der Waals surface area contributed by atoms with E-state index in [1.54, 1.807) is 4.80 Å². The Balaban J connectivity index is 1.77. The number of benzene rings is 1. The Kier molecular flexibility index (Phi) is 4.31. The number of rotatable bonds is 4. The van der Waals surface area contributed by atoms with Crippen LogP contribution in [0.1, 0.15) is 44.3 Å². The van der Waals surface area contributed by atoms with Crippen molar-refractivity contribution in [2.75, 3.05) is 0 Å². The van der Waals surface area contributed by atoms with Gasteiger partial charge in [-0.25, -0.2) is 0 Å². The van der Waals surface area contributed by atoms with Gasteiger partial charge in [0.1, 0.15) is 5.69 Å². The maximum Gasteiger partial charge on any atom is 0.102 e. The van der Waals surface area contributed by atoms with Crippen LogP contribution in [-0.4, -0.2) is 15.0 Å². The smallest absolute Gasteiger partial charge is 0.102 e. The highest BCUT2D eigenvalue weighted by molar-refractivity contribution is 5.28. The first kappa shape index (κ1) is 14.2. The Hall–Kier alpha value is -1.72. The van der Waals surface area contributed by atoms with Crippen LogP contribution in [-0.2, 0) is 0 Å². The predicted molar refractivity (Wildman–Crippen MR) is 82.5 cm³/mol.